The topological polar surface area (TPSA) is 41.6 Å². The van der Waals surface area contributed by atoms with Crippen LogP contribution in [0.2, 0.25) is 0 Å². The maximum absolute atomic E-state index is 12.6. The summed E-state index contributed by atoms with van der Waals surface area (Å²) in [5, 5.41) is 3.41. The summed E-state index contributed by atoms with van der Waals surface area (Å²) in [6.45, 7) is 6.13. The SMILES string of the molecule is COc1ccc(CC(C)CN(C)C(=O)[C@H]2CCN[C@@H](C)C2)cc1.Cl. The third kappa shape index (κ3) is 5.99. The van der Waals surface area contributed by atoms with E-state index in [0.29, 0.717) is 17.9 Å². The van der Waals surface area contributed by atoms with Crippen LogP contribution in [-0.2, 0) is 11.2 Å². The van der Waals surface area contributed by atoms with Crippen LogP contribution in [0.4, 0.5) is 0 Å². The fraction of sp³-hybridized carbons (Fsp3) is 0.632. The smallest absolute Gasteiger partial charge is 0.225 e. The van der Waals surface area contributed by atoms with Crippen molar-refractivity contribution in [2.45, 2.75) is 39.2 Å². The Hall–Kier alpha value is -1.26. The first kappa shape index (κ1) is 20.8. The van der Waals surface area contributed by atoms with Crippen molar-refractivity contribution >= 4 is 18.3 Å². The largest absolute Gasteiger partial charge is 0.497 e. The third-order valence-corrected chi connectivity index (χ3v) is 4.68. The highest BCUT2D eigenvalue weighted by Crippen LogP contribution is 2.20. The van der Waals surface area contributed by atoms with E-state index >= 15 is 0 Å². The predicted octanol–water partition coefficient (Wildman–Crippen LogP) is 3.14. The van der Waals surface area contributed by atoms with Crippen LogP contribution in [0, 0.1) is 11.8 Å². The fourth-order valence-corrected chi connectivity index (χ4v) is 3.45. The lowest BCUT2D eigenvalue weighted by Gasteiger charge is -2.31. The van der Waals surface area contributed by atoms with E-state index in [1.807, 2.05) is 24.1 Å². The normalized spacial score (nSPS) is 21.5. The molecule has 1 unspecified atom stereocenters. The first-order chi connectivity index (χ1) is 11.0. The van der Waals surface area contributed by atoms with Crippen molar-refractivity contribution in [3.8, 4) is 5.75 Å². The number of piperidine rings is 1. The summed E-state index contributed by atoms with van der Waals surface area (Å²) in [5.74, 6) is 1.81. The Bertz CT molecular complexity index is 507. The summed E-state index contributed by atoms with van der Waals surface area (Å²) in [4.78, 5) is 14.5. The van der Waals surface area contributed by atoms with E-state index in [4.69, 9.17) is 4.74 Å². The predicted molar refractivity (Wildman–Crippen MR) is 101 cm³/mol. The van der Waals surface area contributed by atoms with Crippen molar-refractivity contribution in [1.29, 1.82) is 0 Å². The number of hydrogen-bond acceptors (Lipinski definition) is 3. The van der Waals surface area contributed by atoms with Crippen molar-refractivity contribution in [2.24, 2.45) is 11.8 Å². The molecule has 5 heteroatoms. The standard InChI is InChI=1S/C19H30N2O2.ClH/c1-14(11-16-5-7-18(23-4)8-6-16)13-21(3)19(22)17-9-10-20-15(2)12-17;/h5-8,14-15,17,20H,9-13H2,1-4H3;1H/t14?,15-,17-;/m0./s1. The molecule has 1 aromatic carbocycles. The van der Waals surface area contributed by atoms with Gasteiger partial charge in [-0.3, -0.25) is 4.79 Å². The van der Waals surface area contributed by atoms with E-state index in [9.17, 15) is 4.79 Å². The van der Waals surface area contributed by atoms with Crippen LogP contribution in [0.15, 0.2) is 24.3 Å². The van der Waals surface area contributed by atoms with Gasteiger partial charge in [0, 0.05) is 25.6 Å². The highest BCUT2D eigenvalue weighted by molar-refractivity contribution is 5.85. The molecule has 1 amide bonds. The molecule has 0 aromatic heterocycles. The molecule has 1 saturated heterocycles. The molecule has 0 spiro atoms. The number of carbonyl (C=O) groups excluding carboxylic acids is 1. The summed E-state index contributed by atoms with van der Waals surface area (Å²) in [7, 11) is 3.62. The first-order valence-electron chi connectivity index (χ1n) is 8.61. The number of halogens is 1. The van der Waals surface area contributed by atoms with Crippen LogP contribution in [0.1, 0.15) is 32.3 Å². The first-order valence-corrected chi connectivity index (χ1v) is 8.61. The van der Waals surface area contributed by atoms with Gasteiger partial charge in [0.2, 0.25) is 5.91 Å². The van der Waals surface area contributed by atoms with Gasteiger partial charge in [0.15, 0.2) is 0 Å². The molecule has 3 atom stereocenters. The van der Waals surface area contributed by atoms with Gasteiger partial charge in [0.25, 0.3) is 0 Å². The second-order valence-corrected chi connectivity index (χ2v) is 6.95. The number of benzene rings is 1. The molecular weight excluding hydrogens is 324 g/mol. The Morgan fingerprint density at radius 3 is 2.62 bits per heavy atom. The molecule has 4 nitrogen and oxygen atoms in total. The number of ether oxygens (including phenoxy) is 1. The highest BCUT2D eigenvalue weighted by atomic mass is 35.5. The summed E-state index contributed by atoms with van der Waals surface area (Å²) in [6.07, 6.45) is 2.89. The Morgan fingerprint density at radius 2 is 2.04 bits per heavy atom. The van der Waals surface area contributed by atoms with Gasteiger partial charge in [-0.05, 0) is 56.3 Å². The Morgan fingerprint density at radius 1 is 1.38 bits per heavy atom. The minimum absolute atomic E-state index is 0. The van der Waals surface area contributed by atoms with Gasteiger partial charge in [-0.15, -0.1) is 12.4 Å². The zero-order chi connectivity index (χ0) is 16.8. The number of rotatable bonds is 6. The van der Waals surface area contributed by atoms with Crippen LogP contribution >= 0.6 is 12.4 Å². The zero-order valence-corrected chi connectivity index (χ0v) is 16.1. The molecule has 2 rings (SSSR count). The van der Waals surface area contributed by atoms with E-state index in [0.717, 1.165) is 38.1 Å². The molecule has 0 bridgehead atoms. The number of methoxy groups -OCH3 is 1. The van der Waals surface area contributed by atoms with Crippen molar-refractivity contribution in [1.82, 2.24) is 10.2 Å². The van der Waals surface area contributed by atoms with Crippen molar-refractivity contribution in [3.63, 3.8) is 0 Å². The van der Waals surface area contributed by atoms with E-state index in [1.165, 1.54) is 5.56 Å². The number of nitrogens with zero attached hydrogens (tertiary/aromatic N) is 1. The Labute approximate surface area is 152 Å². The molecule has 1 aromatic rings. The number of hydrogen-bond donors (Lipinski definition) is 1. The van der Waals surface area contributed by atoms with Gasteiger partial charge >= 0.3 is 0 Å². The van der Waals surface area contributed by atoms with E-state index in [1.54, 1.807) is 7.11 Å². The number of nitrogens with one attached hydrogen (secondary N) is 1. The molecule has 1 aliphatic heterocycles. The Balaban J connectivity index is 0.00000288. The van der Waals surface area contributed by atoms with Gasteiger partial charge in [0.05, 0.1) is 7.11 Å². The quantitative estimate of drug-likeness (QED) is 0.853. The molecule has 0 radical (unpaired) electrons. The molecule has 0 saturated carbocycles. The maximum atomic E-state index is 12.6. The fourth-order valence-electron chi connectivity index (χ4n) is 3.45. The summed E-state index contributed by atoms with van der Waals surface area (Å²) < 4.78 is 5.19. The molecule has 1 aliphatic rings. The lowest BCUT2D eigenvalue weighted by Crippen LogP contribution is -2.44. The van der Waals surface area contributed by atoms with Gasteiger partial charge in [-0.1, -0.05) is 19.1 Å². The van der Waals surface area contributed by atoms with Crippen LogP contribution in [0.5, 0.6) is 5.75 Å². The van der Waals surface area contributed by atoms with E-state index in [2.05, 4.69) is 31.3 Å². The summed E-state index contributed by atoms with van der Waals surface area (Å²) in [6, 6.07) is 8.64. The van der Waals surface area contributed by atoms with Crippen molar-refractivity contribution < 1.29 is 9.53 Å². The molecular formula is C19H31ClN2O2. The second-order valence-electron chi connectivity index (χ2n) is 6.95. The monoisotopic (exact) mass is 354 g/mol. The van der Waals surface area contributed by atoms with Crippen LogP contribution in [0.3, 0.4) is 0 Å². The van der Waals surface area contributed by atoms with Gasteiger partial charge in [-0.2, -0.15) is 0 Å². The maximum Gasteiger partial charge on any atom is 0.225 e. The second kappa shape index (κ2) is 9.90. The highest BCUT2D eigenvalue weighted by Gasteiger charge is 2.27. The minimum atomic E-state index is 0. The molecule has 136 valence electrons. The third-order valence-electron chi connectivity index (χ3n) is 4.68. The van der Waals surface area contributed by atoms with E-state index in [-0.39, 0.29) is 18.3 Å². The van der Waals surface area contributed by atoms with Crippen LogP contribution < -0.4 is 10.1 Å². The number of amides is 1. The summed E-state index contributed by atoms with van der Waals surface area (Å²) >= 11 is 0. The van der Waals surface area contributed by atoms with Gasteiger partial charge < -0.3 is 15.0 Å². The Kier molecular flexibility index (Phi) is 8.57. The molecule has 24 heavy (non-hydrogen) atoms. The van der Waals surface area contributed by atoms with Crippen LogP contribution in [-0.4, -0.2) is 44.1 Å². The zero-order valence-electron chi connectivity index (χ0n) is 15.2. The van der Waals surface area contributed by atoms with Gasteiger partial charge in [0.1, 0.15) is 5.75 Å². The lowest BCUT2D eigenvalue weighted by molar-refractivity contribution is -0.135. The minimum Gasteiger partial charge on any atom is -0.497 e. The molecule has 0 aliphatic carbocycles. The number of carbonyl (C=O) groups is 1. The molecule has 1 fully saturated rings. The summed E-state index contributed by atoms with van der Waals surface area (Å²) in [5.41, 5.74) is 1.29. The average molecular weight is 355 g/mol. The lowest BCUT2D eigenvalue weighted by atomic mass is 9.91. The van der Waals surface area contributed by atoms with Crippen molar-refractivity contribution in [3.05, 3.63) is 29.8 Å². The van der Waals surface area contributed by atoms with Crippen molar-refractivity contribution in [2.75, 3.05) is 27.2 Å². The molecule has 1 N–H and O–H groups in total. The average Bonchev–Trinajstić information content (AvgIpc) is 2.54. The van der Waals surface area contributed by atoms with Gasteiger partial charge in [-0.25, -0.2) is 0 Å². The van der Waals surface area contributed by atoms with E-state index < -0.39 is 0 Å². The van der Waals surface area contributed by atoms with Crippen LogP contribution in [0.25, 0.3) is 0 Å². The molecule has 1 heterocycles.